The number of benzene rings is 2. The van der Waals surface area contributed by atoms with Gasteiger partial charge in [-0.1, -0.05) is 35.3 Å². The fourth-order valence-electron chi connectivity index (χ4n) is 2.21. The number of hydrogen-bond donors (Lipinski definition) is 3. The van der Waals surface area contributed by atoms with Crippen LogP contribution in [0.15, 0.2) is 42.5 Å². The molecule has 6 nitrogen and oxygen atoms in total. The summed E-state index contributed by atoms with van der Waals surface area (Å²) in [6.07, 6.45) is -5.31. The monoisotopic (exact) mass is 436 g/mol. The molecule has 0 spiro atoms. The summed E-state index contributed by atoms with van der Waals surface area (Å²) >= 11 is 11.6. The van der Waals surface area contributed by atoms with E-state index in [0.717, 1.165) is 31.4 Å². The van der Waals surface area contributed by atoms with E-state index < -0.39 is 29.3 Å². The van der Waals surface area contributed by atoms with Crippen molar-refractivity contribution >= 4 is 46.6 Å². The van der Waals surface area contributed by atoms with E-state index in [4.69, 9.17) is 23.2 Å². The zero-order valence-corrected chi connectivity index (χ0v) is 15.6. The number of alkyl halides is 3. The summed E-state index contributed by atoms with van der Waals surface area (Å²) in [7, 11) is 0.725. The second-order valence-corrected chi connectivity index (χ2v) is 6.30. The van der Waals surface area contributed by atoms with Gasteiger partial charge in [0.2, 0.25) is 0 Å². The number of carbonyl (C=O) groups excluding carboxylic acids is 2. The van der Waals surface area contributed by atoms with Crippen LogP contribution in [0.2, 0.25) is 10.0 Å². The minimum Gasteiger partial charge on any atom is -0.466 e. The largest absolute Gasteiger partial charge is 0.466 e. The standard InChI is InChI=1S/C17H13Cl2F3N2O4/c1-28-14(25)16(27,17(20,21)22)9-2-4-10(5-3-9)23-15(26)24-11-6-7-12(18)13(19)8-11/h2-8,27H,1H3,(H2,23,24,26)/t16-/m1/s1. The van der Waals surface area contributed by atoms with Gasteiger partial charge in [-0.2, -0.15) is 13.2 Å². The van der Waals surface area contributed by atoms with Gasteiger partial charge >= 0.3 is 18.2 Å². The third kappa shape index (κ3) is 4.49. The predicted molar refractivity (Wildman–Crippen MR) is 97.5 cm³/mol. The first-order valence-electron chi connectivity index (χ1n) is 7.50. The van der Waals surface area contributed by atoms with Gasteiger partial charge in [0.15, 0.2) is 0 Å². The number of amides is 2. The van der Waals surface area contributed by atoms with Gasteiger partial charge in [-0.3, -0.25) is 0 Å². The molecule has 0 bridgehead atoms. The lowest BCUT2D eigenvalue weighted by Gasteiger charge is -2.28. The Labute approximate surface area is 167 Å². The Morgan fingerprint density at radius 2 is 1.50 bits per heavy atom. The van der Waals surface area contributed by atoms with Crippen molar-refractivity contribution in [3.05, 3.63) is 58.1 Å². The van der Waals surface area contributed by atoms with Crippen LogP contribution in [0, 0.1) is 0 Å². The van der Waals surface area contributed by atoms with Crippen LogP contribution < -0.4 is 10.6 Å². The van der Waals surface area contributed by atoms with Crippen LogP contribution in [0.25, 0.3) is 0 Å². The van der Waals surface area contributed by atoms with Gasteiger partial charge in [-0.05, 0) is 30.3 Å². The molecule has 2 amide bonds. The molecule has 28 heavy (non-hydrogen) atoms. The molecular weight excluding hydrogens is 424 g/mol. The number of aliphatic hydroxyl groups is 1. The Morgan fingerprint density at radius 1 is 0.964 bits per heavy atom. The molecule has 0 heterocycles. The number of nitrogens with one attached hydrogen (secondary N) is 2. The van der Waals surface area contributed by atoms with Crippen molar-refractivity contribution in [1.82, 2.24) is 0 Å². The van der Waals surface area contributed by atoms with Gasteiger partial charge in [0.05, 0.1) is 17.2 Å². The molecule has 0 unspecified atom stereocenters. The predicted octanol–water partition coefficient (Wildman–Crippen LogP) is 4.56. The Balaban J connectivity index is 2.16. The topological polar surface area (TPSA) is 87.7 Å². The maximum atomic E-state index is 13.2. The van der Waals surface area contributed by atoms with Crippen molar-refractivity contribution in [3.8, 4) is 0 Å². The minimum atomic E-state index is -5.31. The lowest BCUT2D eigenvalue weighted by atomic mass is 9.93. The van der Waals surface area contributed by atoms with Crippen LogP contribution in [0.5, 0.6) is 0 Å². The van der Waals surface area contributed by atoms with E-state index in [1.54, 1.807) is 0 Å². The second-order valence-electron chi connectivity index (χ2n) is 5.49. The first-order valence-corrected chi connectivity index (χ1v) is 8.25. The molecule has 2 aromatic rings. The van der Waals surface area contributed by atoms with E-state index in [9.17, 15) is 27.9 Å². The van der Waals surface area contributed by atoms with Crippen molar-refractivity contribution in [2.75, 3.05) is 17.7 Å². The third-order valence-corrected chi connectivity index (χ3v) is 4.37. The van der Waals surface area contributed by atoms with Crippen molar-refractivity contribution in [3.63, 3.8) is 0 Å². The molecule has 2 rings (SSSR count). The summed E-state index contributed by atoms with van der Waals surface area (Å²) < 4.78 is 43.6. The quantitative estimate of drug-likeness (QED) is 0.613. The Kier molecular flexibility index (Phi) is 6.43. The fourth-order valence-corrected chi connectivity index (χ4v) is 2.51. The van der Waals surface area contributed by atoms with Gasteiger partial charge in [0.1, 0.15) is 0 Å². The zero-order valence-electron chi connectivity index (χ0n) is 14.1. The number of urea groups is 1. The van der Waals surface area contributed by atoms with Crippen LogP contribution in [-0.2, 0) is 15.1 Å². The van der Waals surface area contributed by atoms with Crippen LogP contribution in [0.3, 0.4) is 0 Å². The maximum Gasteiger partial charge on any atom is 0.432 e. The molecule has 11 heteroatoms. The summed E-state index contributed by atoms with van der Waals surface area (Å²) in [5.41, 5.74) is -4.15. The molecule has 0 saturated heterocycles. The summed E-state index contributed by atoms with van der Waals surface area (Å²) in [4.78, 5) is 23.5. The number of rotatable bonds is 4. The lowest BCUT2D eigenvalue weighted by molar-refractivity contribution is -0.266. The van der Waals surface area contributed by atoms with Gasteiger partial charge < -0.3 is 20.5 Å². The fraction of sp³-hybridized carbons (Fsp3) is 0.176. The number of carbonyl (C=O) groups is 2. The number of hydrogen-bond acceptors (Lipinski definition) is 4. The molecule has 3 N–H and O–H groups in total. The van der Waals surface area contributed by atoms with E-state index in [-0.39, 0.29) is 10.7 Å². The average Bonchev–Trinajstić information content (AvgIpc) is 2.63. The number of halogens is 5. The van der Waals surface area contributed by atoms with Gasteiger partial charge in [0.25, 0.3) is 5.60 Å². The molecule has 0 radical (unpaired) electrons. The summed E-state index contributed by atoms with van der Waals surface area (Å²) in [6, 6.07) is 7.54. The molecule has 0 aliphatic rings. The third-order valence-electron chi connectivity index (χ3n) is 3.63. The number of methoxy groups -OCH3 is 1. The van der Waals surface area contributed by atoms with E-state index in [1.807, 2.05) is 0 Å². The smallest absolute Gasteiger partial charge is 0.432 e. The van der Waals surface area contributed by atoms with Crippen molar-refractivity contribution < 1.29 is 32.6 Å². The molecule has 0 aromatic heterocycles. The lowest BCUT2D eigenvalue weighted by Crippen LogP contribution is -2.49. The van der Waals surface area contributed by atoms with Crippen molar-refractivity contribution in [2.45, 2.75) is 11.8 Å². The zero-order chi connectivity index (χ0) is 21.1. The Bertz CT molecular complexity index is 891. The Hall–Kier alpha value is -2.49. The molecule has 150 valence electrons. The molecule has 0 fully saturated rings. The molecule has 0 aliphatic carbocycles. The Morgan fingerprint density at radius 3 is 2.00 bits per heavy atom. The summed E-state index contributed by atoms with van der Waals surface area (Å²) in [5.74, 6) is -1.88. The first kappa shape index (κ1) is 21.8. The summed E-state index contributed by atoms with van der Waals surface area (Å²) in [5, 5.41) is 15.2. The van der Waals surface area contributed by atoms with E-state index in [0.29, 0.717) is 10.7 Å². The van der Waals surface area contributed by atoms with E-state index >= 15 is 0 Å². The normalized spacial score (nSPS) is 13.4. The van der Waals surface area contributed by atoms with Gasteiger partial charge in [-0.15, -0.1) is 0 Å². The minimum absolute atomic E-state index is 0.107. The van der Waals surface area contributed by atoms with Gasteiger partial charge in [0, 0.05) is 16.9 Å². The second kappa shape index (κ2) is 8.26. The number of esters is 1. The summed E-state index contributed by atoms with van der Waals surface area (Å²) in [6.45, 7) is 0. The highest BCUT2D eigenvalue weighted by Crippen LogP contribution is 2.40. The van der Waals surface area contributed by atoms with Crippen LogP contribution in [-0.4, -0.2) is 30.4 Å². The van der Waals surface area contributed by atoms with Crippen molar-refractivity contribution in [1.29, 1.82) is 0 Å². The van der Waals surface area contributed by atoms with E-state index in [2.05, 4.69) is 15.4 Å². The number of ether oxygens (including phenoxy) is 1. The SMILES string of the molecule is COC(=O)[C@](O)(c1ccc(NC(=O)Nc2ccc(Cl)c(Cl)c2)cc1)C(F)(F)F. The van der Waals surface area contributed by atoms with Crippen LogP contribution >= 0.6 is 23.2 Å². The maximum absolute atomic E-state index is 13.2. The highest BCUT2D eigenvalue weighted by atomic mass is 35.5. The average molecular weight is 437 g/mol. The highest BCUT2D eigenvalue weighted by molar-refractivity contribution is 6.42. The number of anilines is 2. The van der Waals surface area contributed by atoms with Crippen LogP contribution in [0.4, 0.5) is 29.3 Å². The van der Waals surface area contributed by atoms with Gasteiger partial charge in [-0.25, -0.2) is 9.59 Å². The first-order chi connectivity index (χ1) is 13.0. The van der Waals surface area contributed by atoms with E-state index in [1.165, 1.54) is 18.2 Å². The molecular formula is C17H13Cl2F3N2O4. The molecule has 0 saturated carbocycles. The molecule has 0 aliphatic heterocycles. The molecule has 1 atom stereocenters. The highest BCUT2D eigenvalue weighted by Gasteiger charge is 2.62. The van der Waals surface area contributed by atoms with Crippen molar-refractivity contribution in [2.24, 2.45) is 0 Å². The molecule has 2 aromatic carbocycles. The van der Waals surface area contributed by atoms with Crippen LogP contribution in [0.1, 0.15) is 5.56 Å².